The molecule has 1 aliphatic rings. The van der Waals surface area contributed by atoms with Gasteiger partial charge >= 0.3 is 0 Å². The first-order chi connectivity index (χ1) is 15.9. The summed E-state index contributed by atoms with van der Waals surface area (Å²) in [6.07, 6.45) is 9.85. The lowest BCUT2D eigenvalue weighted by molar-refractivity contribution is 0.189. The van der Waals surface area contributed by atoms with Crippen molar-refractivity contribution in [3.05, 3.63) is 85.6 Å². The zero-order valence-electron chi connectivity index (χ0n) is 19.5. The highest BCUT2D eigenvalue weighted by atomic mass is 35.5. The number of benzene rings is 1. The van der Waals surface area contributed by atoms with Gasteiger partial charge in [0.1, 0.15) is 0 Å². The quantitative estimate of drug-likeness (QED) is 0.531. The first-order valence-corrected chi connectivity index (χ1v) is 12.0. The summed E-state index contributed by atoms with van der Waals surface area (Å²) >= 11 is 6.33. The van der Waals surface area contributed by atoms with E-state index in [0.29, 0.717) is 34.1 Å². The van der Waals surface area contributed by atoms with E-state index in [1.807, 2.05) is 12.1 Å². The Morgan fingerprint density at radius 2 is 1.94 bits per heavy atom. The number of aromatic amines is 1. The molecule has 1 N–H and O–H groups in total. The minimum absolute atomic E-state index is 0.138. The van der Waals surface area contributed by atoms with E-state index < -0.39 is 0 Å². The third kappa shape index (κ3) is 4.63. The van der Waals surface area contributed by atoms with Gasteiger partial charge in [-0.15, -0.1) is 0 Å². The van der Waals surface area contributed by atoms with Crippen LogP contribution in [0.4, 0.5) is 0 Å². The lowest BCUT2D eigenvalue weighted by Crippen LogP contribution is -2.36. The predicted octanol–water partition coefficient (Wildman–Crippen LogP) is 4.80. The number of piperidine rings is 1. The van der Waals surface area contributed by atoms with Crippen molar-refractivity contribution in [3.63, 3.8) is 0 Å². The third-order valence-electron chi connectivity index (χ3n) is 6.62. The summed E-state index contributed by atoms with van der Waals surface area (Å²) in [4.78, 5) is 28.4. The van der Waals surface area contributed by atoms with Crippen LogP contribution in [0, 0.1) is 5.92 Å². The van der Waals surface area contributed by atoms with Gasteiger partial charge in [0.05, 0.1) is 21.6 Å². The van der Waals surface area contributed by atoms with Crippen LogP contribution in [-0.4, -0.2) is 32.3 Å². The molecule has 4 rings (SSSR count). The molecule has 0 unspecified atom stereocenters. The zero-order valence-corrected chi connectivity index (χ0v) is 20.2. The highest BCUT2D eigenvalue weighted by Crippen LogP contribution is 2.27. The average Bonchev–Trinajstić information content (AvgIpc) is 3.14. The van der Waals surface area contributed by atoms with Crippen molar-refractivity contribution >= 4 is 22.5 Å². The van der Waals surface area contributed by atoms with Crippen LogP contribution < -0.4 is 11.1 Å². The maximum atomic E-state index is 13.4. The van der Waals surface area contributed by atoms with E-state index in [-0.39, 0.29) is 11.1 Å². The number of para-hydroxylation sites is 1. The molecule has 1 aliphatic heterocycles. The van der Waals surface area contributed by atoms with Gasteiger partial charge in [-0.25, -0.2) is 4.68 Å². The van der Waals surface area contributed by atoms with Gasteiger partial charge in [0.25, 0.3) is 11.1 Å². The predicted molar refractivity (Wildman–Crippen MR) is 135 cm³/mol. The number of rotatable bonds is 6. The van der Waals surface area contributed by atoms with Crippen LogP contribution in [0.15, 0.2) is 63.7 Å². The van der Waals surface area contributed by atoms with Crippen LogP contribution in [0.25, 0.3) is 16.6 Å². The van der Waals surface area contributed by atoms with Crippen LogP contribution >= 0.6 is 11.6 Å². The zero-order chi connectivity index (χ0) is 23.5. The molecular formula is C26H31ClN4O2. The maximum Gasteiger partial charge on any atom is 0.280 e. The molecule has 0 amide bonds. The number of halogens is 1. The Labute approximate surface area is 198 Å². The Morgan fingerprint density at radius 1 is 1.21 bits per heavy atom. The molecule has 174 valence electrons. The van der Waals surface area contributed by atoms with E-state index in [9.17, 15) is 9.59 Å². The van der Waals surface area contributed by atoms with Crippen LogP contribution in [0.3, 0.4) is 0 Å². The van der Waals surface area contributed by atoms with Crippen molar-refractivity contribution in [2.75, 3.05) is 13.1 Å². The standard InChI is InChI=1S/C26H31ClN4O2/c1-4-6-9-18(5-2)19-12-14-30(15-13-19)17-23-25-21(16-24(32)29(23)3)28-31(26(25)33)22-11-8-7-10-20(22)27/h5-11,16,19,28H,4,12-15,17H2,1-3H3/b9-6-,18-5+. The summed E-state index contributed by atoms with van der Waals surface area (Å²) in [6, 6.07) is 8.67. The minimum Gasteiger partial charge on any atom is -0.313 e. The maximum absolute atomic E-state index is 13.4. The van der Waals surface area contributed by atoms with Crippen molar-refractivity contribution in [2.45, 2.75) is 39.7 Å². The fourth-order valence-corrected chi connectivity index (χ4v) is 4.92. The molecule has 0 atom stereocenters. The molecule has 6 nitrogen and oxygen atoms in total. The number of H-pyrrole nitrogens is 1. The lowest BCUT2D eigenvalue weighted by atomic mass is 9.88. The molecule has 1 saturated heterocycles. The lowest BCUT2D eigenvalue weighted by Gasteiger charge is -2.33. The van der Waals surface area contributed by atoms with Crippen LogP contribution in [0.2, 0.25) is 5.02 Å². The van der Waals surface area contributed by atoms with Crippen LogP contribution in [0.5, 0.6) is 0 Å². The van der Waals surface area contributed by atoms with Gasteiger partial charge in [0.15, 0.2) is 0 Å². The second-order valence-corrected chi connectivity index (χ2v) is 9.04. The number of fused-ring (bicyclic) bond motifs is 1. The van der Waals surface area contributed by atoms with Crippen LogP contribution in [0.1, 0.15) is 38.8 Å². The van der Waals surface area contributed by atoms with Crippen molar-refractivity contribution < 1.29 is 0 Å². The summed E-state index contributed by atoms with van der Waals surface area (Å²) in [5.41, 5.74) is 2.91. The van der Waals surface area contributed by atoms with Crippen molar-refractivity contribution in [3.8, 4) is 5.69 Å². The molecule has 1 fully saturated rings. The molecule has 33 heavy (non-hydrogen) atoms. The Bertz CT molecular complexity index is 1320. The largest absolute Gasteiger partial charge is 0.313 e. The fourth-order valence-electron chi connectivity index (χ4n) is 4.70. The molecule has 7 heteroatoms. The van der Waals surface area contributed by atoms with E-state index in [1.165, 1.54) is 16.3 Å². The van der Waals surface area contributed by atoms with Gasteiger partial charge < -0.3 is 4.57 Å². The molecule has 0 aliphatic carbocycles. The average molecular weight is 467 g/mol. The number of hydrogen-bond acceptors (Lipinski definition) is 3. The molecule has 1 aromatic carbocycles. The molecule has 3 aromatic rings. The Hall–Kier alpha value is -2.83. The van der Waals surface area contributed by atoms with E-state index >= 15 is 0 Å². The summed E-state index contributed by atoms with van der Waals surface area (Å²) in [5, 5.41) is 4.10. The van der Waals surface area contributed by atoms with E-state index in [4.69, 9.17) is 11.6 Å². The number of nitrogens with zero attached hydrogens (tertiary/aromatic N) is 3. The molecule has 0 radical (unpaired) electrons. The van der Waals surface area contributed by atoms with Gasteiger partial charge in [0.2, 0.25) is 0 Å². The number of pyridine rings is 1. The third-order valence-corrected chi connectivity index (χ3v) is 6.94. The Kier molecular flexibility index (Phi) is 7.05. The van der Waals surface area contributed by atoms with Gasteiger partial charge in [-0.2, -0.15) is 0 Å². The monoisotopic (exact) mass is 466 g/mol. The Balaban J connectivity index is 1.64. The molecule has 0 saturated carbocycles. The number of likely N-dealkylation sites (tertiary alicyclic amines) is 1. The summed E-state index contributed by atoms with van der Waals surface area (Å²) in [6.45, 7) is 6.67. The number of nitrogens with one attached hydrogen (secondary N) is 1. The minimum atomic E-state index is -0.195. The summed E-state index contributed by atoms with van der Waals surface area (Å²) in [5.74, 6) is 0.554. The normalized spacial score (nSPS) is 16.3. The first kappa shape index (κ1) is 23.3. The van der Waals surface area contributed by atoms with E-state index in [1.54, 1.807) is 23.7 Å². The van der Waals surface area contributed by atoms with E-state index in [2.05, 4.69) is 42.1 Å². The van der Waals surface area contributed by atoms with E-state index in [0.717, 1.165) is 38.0 Å². The van der Waals surface area contributed by atoms with Gasteiger partial charge in [-0.05, 0) is 62.9 Å². The molecule has 0 bridgehead atoms. The first-order valence-electron chi connectivity index (χ1n) is 11.6. The van der Waals surface area contributed by atoms with Gasteiger partial charge in [-0.1, -0.05) is 48.9 Å². The smallest absolute Gasteiger partial charge is 0.280 e. The highest BCUT2D eigenvalue weighted by Gasteiger charge is 2.24. The van der Waals surface area contributed by atoms with Crippen molar-refractivity contribution in [1.82, 2.24) is 19.2 Å². The van der Waals surface area contributed by atoms with Gasteiger partial charge in [-0.3, -0.25) is 19.6 Å². The SMILES string of the molecule is C/C=C(\C=C/CC)C1CCN(Cc2c3c(=O)n(-c4ccccc4Cl)[nH]c3cc(=O)n2C)CC1. The Morgan fingerprint density at radius 3 is 2.61 bits per heavy atom. The topological polar surface area (TPSA) is 63.0 Å². The second-order valence-electron chi connectivity index (χ2n) is 8.63. The summed E-state index contributed by atoms with van der Waals surface area (Å²) < 4.78 is 3.03. The number of hydrogen-bond donors (Lipinski definition) is 1. The highest BCUT2D eigenvalue weighted by molar-refractivity contribution is 6.32. The van der Waals surface area contributed by atoms with Crippen molar-refractivity contribution in [2.24, 2.45) is 13.0 Å². The second kappa shape index (κ2) is 9.98. The van der Waals surface area contributed by atoms with Gasteiger partial charge in [0, 0.05) is 25.4 Å². The van der Waals surface area contributed by atoms with Crippen LogP contribution in [-0.2, 0) is 13.6 Å². The molecule has 2 aromatic heterocycles. The summed E-state index contributed by atoms with van der Waals surface area (Å²) in [7, 11) is 1.74. The number of aromatic nitrogens is 3. The molecule has 0 spiro atoms. The molecule has 3 heterocycles. The molecular weight excluding hydrogens is 436 g/mol. The fraction of sp³-hybridized carbons (Fsp3) is 0.385. The number of allylic oxidation sites excluding steroid dienone is 4. The van der Waals surface area contributed by atoms with Crippen molar-refractivity contribution in [1.29, 1.82) is 0 Å².